The van der Waals surface area contributed by atoms with Crippen LogP contribution in [0.2, 0.25) is 0 Å². The number of hydrogen-bond donors (Lipinski definition) is 2. The maximum atomic E-state index is 14.0. The number of halogens is 10. The first-order valence-corrected chi connectivity index (χ1v) is 10.9. The highest BCUT2D eigenvalue weighted by atomic mass is 32.2. The summed E-state index contributed by atoms with van der Waals surface area (Å²) in [6.07, 6.45) is -15.6. The van der Waals surface area contributed by atoms with Crippen LogP contribution in [0.25, 0.3) is 0 Å². The largest absolute Gasteiger partial charge is 0.466 e. The summed E-state index contributed by atoms with van der Waals surface area (Å²) in [6.45, 7) is -0.757. The predicted molar refractivity (Wildman–Crippen MR) is 96.2 cm³/mol. The van der Waals surface area contributed by atoms with Crippen molar-refractivity contribution in [3.8, 4) is 0 Å². The number of nitrogens with one attached hydrogen (secondary N) is 1. The lowest BCUT2D eigenvalue weighted by molar-refractivity contribution is -0.351. The molecule has 0 saturated carbocycles. The van der Waals surface area contributed by atoms with Gasteiger partial charge in [0.25, 0.3) is 0 Å². The molecule has 0 spiro atoms. The van der Waals surface area contributed by atoms with E-state index in [-0.39, 0.29) is 13.1 Å². The maximum Gasteiger partial charge on any atom is 0.466 e. The molecule has 1 aliphatic heterocycles. The monoisotopic (exact) mass is 572 g/mol. The molecule has 0 aromatic heterocycles. The fraction of sp³-hybridized carbons (Fsp3) is 0.750. The molecule has 1 fully saturated rings. The highest BCUT2D eigenvalue weighted by Gasteiger charge is 2.68. The lowest BCUT2D eigenvalue weighted by atomic mass is 10.1. The highest BCUT2D eigenvalue weighted by molar-refractivity contribution is 7.87. The Morgan fingerprint density at radius 3 is 1.89 bits per heavy atom. The van der Waals surface area contributed by atoms with Gasteiger partial charge in [-0.15, -0.1) is 0 Å². The Kier molecular flexibility index (Phi) is 9.43. The minimum atomic E-state index is -6.67. The van der Waals surface area contributed by atoms with Gasteiger partial charge < -0.3 is 19.7 Å². The molecule has 9 nitrogen and oxygen atoms in total. The summed E-state index contributed by atoms with van der Waals surface area (Å²) in [5.41, 5.74) is -2.49. The number of nitrogens with zero attached hydrogens (tertiary/aromatic N) is 1. The van der Waals surface area contributed by atoms with E-state index in [0.29, 0.717) is 4.90 Å². The number of ether oxygens (including phenoxy) is 2. The van der Waals surface area contributed by atoms with Crippen LogP contribution < -0.4 is 5.32 Å². The van der Waals surface area contributed by atoms with E-state index in [1.165, 1.54) is 0 Å². The van der Waals surface area contributed by atoms with E-state index in [1.54, 1.807) is 0 Å². The molecular weight excluding hydrogens is 554 g/mol. The first-order chi connectivity index (χ1) is 16.0. The third-order valence-electron chi connectivity index (χ3n) is 4.57. The van der Waals surface area contributed by atoms with Gasteiger partial charge >= 0.3 is 51.3 Å². The van der Waals surface area contributed by atoms with Gasteiger partial charge in [-0.3, -0.25) is 9.35 Å². The van der Waals surface area contributed by atoms with Gasteiger partial charge in [0.2, 0.25) is 0 Å². The molecule has 1 heterocycles. The van der Waals surface area contributed by atoms with Crippen molar-refractivity contribution in [3.63, 3.8) is 0 Å². The lowest BCUT2D eigenvalue weighted by Crippen LogP contribution is -2.64. The van der Waals surface area contributed by atoms with E-state index in [9.17, 15) is 61.9 Å². The standard InChI is InChI=1S/C16H18F10N2O7S/c1-9(14(19,20)21)10(29)35-13(15(22,23)24,11(30)28-6-4-27-5-7-28)34-8-2-3-12(17,18)16(25,26)36(31,32)33/h27H,1-8H2,(H,31,32,33). The maximum absolute atomic E-state index is 14.0. The van der Waals surface area contributed by atoms with Gasteiger partial charge in [-0.1, -0.05) is 6.58 Å². The molecule has 0 bridgehead atoms. The molecular formula is C16H18F10N2O7S. The SMILES string of the molecule is C=C(C(=O)OC(OCCCC(F)(F)C(F)(F)S(=O)(=O)O)(C(=O)N1CCNCC1)C(F)(F)F)C(F)(F)F. The first kappa shape index (κ1) is 31.8. The average Bonchev–Trinajstić information content (AvgIpc) is 2.72. The Bertz CT molecular complexity index is 946. The summed E-state index contributed by atoms with van der Waals surface area (Å²) in [5.74, 6) is -15.5. The predicted octanol–water partition coefficient (Wildman–Crippen LogP) is 2.25. The van der Waals surface area contributed by atoms with Gasteiger partial charge in [0.1, 0.15) is 5.57 Å². The van der Waals surface area contributed by atoms with Crippen molar-refractivity contribution in [2.24, 2.45) is 0 Å². The third-order valence-corrected chi connectivity index (χ3v) is 5.52. The van der Waals surface area contributed by atoms with Gasteiger partial charge in [-0.2, -0.15) is 52.3 Å². The van der Waals surface area contributed by atoms with Crippen molar-refractivity contribution in [3.05, 3.63) is 12.2 Å². The first-order valence-electron chi connectivity index (χ1n) is 9.44. The smallest absolute Gasteiger partial charge is 0.412 e. The van der Waals surface area contributed by atoms with Crippen LogP contribution in [0.1, 0.15) is 12.8 Å². The molecule has 0 aliphatic carbocycles. The van der Waals surface area contributed by atoms with Crippen LogP contribution in [0.3, 0.4) is 0 Å². The Morgan fingerprint density at radius 2 is 1.47 bits per heavy atom. The second-order valence-electron chi connectivity index (χ2n) is 7.17. The zero-order valence-electron chi connectivity index (χ0n) is 17.7. The van der Waals surface area contributed by atoms with Crippen molar-refractivity contribution in [2.45, 2.75) is 42.2 Å². The summed E-state index contributed by atoms with van der Waals surface area (Å²) >= 11 is 0. The fourth-order valence-corrected chi connectivity index (χ4v) is 3.10. The minimum Gasteiger partial charge on any atom is -0.412 e. The number of esters is 1. The summed E-state index contributed by atoms with van der Waals surface area (Å²) < 4.78 is 171. The minimum absolute atomic E-state index is 0.111. The fourth-order valence-electron chi connectivity index (χ4n) is 2.62. The van der Waals surface area contributed by atoms with E-state index in [4.69, 9.17) is 4.55 Å². The molecule has 1 unspecified atom stereocenters. The molecule has 1 amide bonds. The van der Waals surface area contributed by atoms with Gasteiger partial charge in [0.05, 0.1) is 6.61 Å². The molecule has 1 saturated heterocycles. The van der Waals surface area contributed by atoms with Crippen molar-refractivity contribution >= 4 is 22.0 Å². The quantitative estimate of drug-likeness (QED) is 0.102. The Balaban J connectivity index is 3.29. The van der Waals surface area contributed by atoms with Gasteiger partial charge in [0.15, 0.2) is 0 Å². The van der Waals surface area contributed by atoms with E-state index < -0.39 is 89.4 Å². The Morgan fingerprint density at radius 1 is 0.972 bits per heavy atom. The molecule has 210 valence electrons. The molecule has 1 rings (SSSR count). The van der Waals surface area contributed by atoms with Crippen molar-refractivity contribution in [1.29, 1.82) is 0 Å². The second-order valence-corrected chi connectivity index (χ2v) is 8.63. The summed E-state index contributed by atoms with van der Waals surface area (Å²) in [7, 11) is -6.67. The van der Waals surface area contributed by atoms with Gasteiger partial charge in [-0.05, 0) is 6.42 Å². The van der Waals surface area contributed by atoms with Gasteiger partial charge in [-0.25, -0.2) is 4.79 Å². The van der Waals surface area contributed by atoms with Crippen molar-refractivity contribution in [1.82, 2.24) is 10.2 Å². The number of rotatable bonds is 10. The number of carbonyl (C=O) groups excluding carboxylic acids is 2. The average molecular weight is 572 g/mol. The third kappa shape index (κ3) is 6.76. The number of amides is 1. The molecule has 20 heteroatoms. The molecule has 1 aliphatic rings. The van der Waals surface area contributed by atoms with Crippen LogP contribution in [0.15, 0.2) is 12.2 Å². The van der Waals surface area contributed by atoms with Crippen LogP contribution in [0.5, 0.6) is 0 Å². The molecule has 1 atom stereocenters. The Hall–Kier alpha value is -2.19. The van der Waals surface area contributed by atoms with Crippen molar-refractivity contribution in [2.75, 3.05) is 32.8 Å². The van der Waals surface area contributed by atoms with Gasteiger partial charge in [0, 0.05) is 32.6 Å². The van der Waals surface area contributed by atoms with Crippen molar-refractivity contribution < 1.29 is 75.9 Å². The summed E-state index contributed by atoms with van der Waals surface area (Å²) in [6, 6.07) is 0. The topological polar surface area (TPSA) is 122 Å². The molecule has 0 aromatic rings. The molecule has 2 N–H and O–H groups in total. The van der Waals surface area contributed by atoms with Crippen LogP contribution in [-0.2, 0) is 29.2 Å². The van der Waals surface area contributed by atoms with E-state index >= 15 is 0 Å². The Labute approximate surface area is 196 Å². The van der Waals surface area contributed by atoms with Crippen LogP contribution in [0.4, 0.5) is 43.9 Å². The van der Waals surface area contributed by atoms with Crippen LogP contribution in [-0.4, -0.2) is 91.8 Å². The molecule has 0 radical (unpaired) electrons. The number of alkyl halides is 10. The second kappa shape index (κ2) is 10.7. The normalized spacial score (nSPS) is 17.9. The number of hydrogen-bond acceptors (Lipinski definition) is 7. The lowest BCUT2D eigenvalue weighted by Gasteiger charge is -2.38. The number of piperazine rings is 1. The zero-order valence-corrected chi connectivity index (χ0v) is 18.5. The van der Waals surface area contributed by atoms with E-state index in [0.717, 1.165) is 0 Å². The van der Waals surface area contributed by atoms with Crippen LogP contribution >= 0.6 is 0 Å². The van der Waals surface area contributed by atoms with Crippen LogP contribution in [0, 0.1) is 0 Å². The van der Waals surface area contributed by atoms with E-state index in [2.05, 4.69) is 21.4 Å². The summed E-state index contributed by atoms with van der Waals surface area (Å²) in [5, 5.41) is -3.45. The highest BCUT2D eigenvalue weighted by Crippen LogP contribution is 2.42. The number of carbonyl (C=O) groups is 2. The molecule has 36 heavy (non-hydrogen) atoms. The zero-order chi connectivity index (χ0) is 28.4. The van der Waals surface area contributed by atoms with E-state index in [1.807, 2.05) is 0 Å². The summed E-state index contributed by atoms with van der Waals surface area (Å²) in [4.78, 5) is 24.8. The molecule has 0 aromatic carbocycles.